The SMILES string of the molecule is CCCN(O)C(CC)C(=O)O. The molecule has 0 aliphatic heterocycles. The summed E-state index contributed by atoms with van der Waals surface area (Å²) in [6.07, 6.45) is 1.17. The smallest absolute Gasteiger partial charge is 0.323 e. The van der Waals surface area contributed by atoms with Crippen molar-refractivity contribution in [2.45, 2.75) is 32.7 Å². The van der Waals surface area contributed by atoms with Crippen molar-refractivity contribution in [3.05, 3.63) is 0 Å². The molecule has 0 radical (unpaired) electrons. The van der Waals surface area contributed by atoms with Gasteiger partial charge in [0, 0.05) is 6.54 Å². The molecule has 2 N–H and O–H groups in total. The summed E-state index contributed by atoms with van der Waals surface area (Å²) < 4.78 is 0. The molecular formula is C7H15NO3. The van der Waals surface area contributed by atoms with Crippen LogP contribution in [0.3, 0.4) is 0 Å². The van der Waals surface area contributed by atoms with Crippen LogP contribution < -0.4 is 0 Å². The van der Waals surface area contributed by atoms with Gasteiger partial charge in [0.2, 0.25) is 0 Å². The molecule has 0 rings (SSSR count). The van der Waals surface area contributed by atoms with Gasteiger partial charge in [-0.3, -0.25) is 4.79 Å². The third kappa shape index (κ3) is 3.34. The summed E-state index contributed by atoms with van der Waals surface area (Å²) in [4.78, 5) is 10.4. The number of carbonyl (C=O) groups is 1. The lowest BCUT2D eigenvalue weighted by molar-refractivity contribution is -0.169. The van der Waals surface area contributed by atoms with E-state index in [1.165, 1.54) is 0 Å². The van der Waals surface area contributed by atoms with Gasteiger partial charge in [0.15, 0.2) is 0 Å². The molecule has 0 aromatic carbocycles. The number of hydroxylamine groups is 2. The second kappa shape index (κ2) is 5.09. The first kappa shape index (κ1) is 10.4. The maximum absolute atomic E-state index is 10.4. The highest BCUT2D eigenvalue weighted by atomic mass is 16.5. The minimum absolute atomic E-state index is 0.408. The third-order valence-electron chi connectivity index (χ3n) is 1.48. The number of nitrogens with zero attached hydrogens (tertiary/aromatic N) is 1. The van der Waals surface area contributed by atoms with Crippen molar-refractivity contribution >= 4 is 5.97 Å². The van der Waals surface area contributed by atoms with Crippen LogP contribution in [-0.4, -0.2) is 33.9 Å². The summed E-state index contributed by atoms with van der Waals surface area (Å²) in [6.45, 7) is 4.03. The Labute approximate surface area is 66.4 Å². The first-order valence-electron chi connectivity index (χ1n) is 3.81. The molecule has 1 atom stereocenters. The molecule has 4 heteroatoms. The molecule has 0 aliphatic carbocycles. The van der Waals surface area contributed by atoms with Crippen LogP contribution in [0.2, 0.25) is 0 Å². The van der Waals surface area contributed by atoms with E-state index in [4.69, 9.17) is 10.3 Å². The lowest BCUT2D eigenvalue weighted by atomic mass is 10.2. The van der Waals surface area contributed by atoms with E-state index in [2.05, 4.69) is 0 Å². The van der Waals surface area contributed by atoms with Gasteiger partial charge in [0.05, 0.1) is 0 Å². The number of hydrogen-bond acceptors (Lipinski definition) is 3. The fraction of sp³-hybridized carbons (Fsp3) is 0.857. The van der Waals surface area contributed by atoms with E-state index in [0.29, 0.717) is 13.0 Å². The van der Waals surface area contributed by atoms with E-state index < -0.39 is 12.0 Å². The van der Waals surface area contributed by atoms with Gasteiger partial charge in [-0.15, -0.1) is 0 Å². The molecule has 0 saturated carbocycles. The predicted molar refractivity (Wildman–Crippen MR) is 40.5 cm³/mol. The van der Waals surface area contributed by atoms with Crippen molar-refractivity contribution in [3.63, 3.8) is 0 Å². The standard InChI is InChI=1S/C7H15NO3/c1-3-5-8(11)6(4-2)7(9)10/h6,11H,3-5H2,1-2H3,(H,9,10). The summed E-state index contributed by atoms with van der Waals surface area (Å²) in [5, 5.41) is 18.6. The fourth-order valence-corrected chi connectivity index (χ4v) is 0.898. The molecule has 0 amide bonds. The van der Waals surface area contributed by atoms with Crippen LogP contribution in [-0.2, 0) is 4.79 Å². The summed E-state index contributed by atoms with van der Waals surface area (Å²) in [5.41, 5.74) is 0. The summed E-state index contributed by atoms with van der Waals surface area (Å²) in [7, 11) is 0. The van der Waals surface area contributed by atoms with Crippen LogP contribution in [0.5, 0.6) is 0 Å². The highest BCUT2D eigenvalue weighted by Crippen LogP contribution is 2.01. The van der Waals surface area contributed by atoms with Gasteiger partial charge in [-0.2, -0.15) is 5.06 Å². The zero-order valence-corrected chi connectivity index (χ0v) is 6.95. The van der Waals surface area contributed by atoms with Crippen LogP contribution in [0, 0.1) is 0 Å². The zero-order valence-electron chi connectivity index (χ0n) is 6.95. The van der Waals surface area contributed by atoms with Crippen LogP contribution in [0.25, 0.3) is 0 Å². The first-order valence-corrected chi connectivity index (χ1v) is 3.81. The van der Waals surface area contributed by atoms with E-state index in [-0.39, 0.29) is 0 Å². The number of hydrogen-bond donors (Lipinski definition) is 2. The Morgan fingerprint density at radius 3 is 2.36 bits per heavy atom. The van der Waals surface area contributed by atoms with Gasteiger partial charge >= 0.3 is 5.97 Å². The Morgan fingerprint density at radius 1 is 1.55 bits per heavy atom. The maximum Gasteiger partial charge on any atom is 0.323 e. The molecule has 4 nitrogen and oxygen atoms in total. The molecule has 11 heavy (non-hydrogen) atoms. The lowest BCUT2D eigenvalue weighted by Gasteiger charge is -2.20. The molecule has 0 saturated heterocycles. The second-order valence-corrected chi connectivity index (χ2v) is 2.43. The molecule has 0 bridgehead atoms. The van der Waals surface area contributed by atoms with Gasteiger partial charge in [0.1, 0.15) is 6.04 Å². The third-order valence-corrected chi connectivity index (χ3v) is 1.48. The van der Waals surface area contributed by atoms with Crippen molar-refractivity contribution in [1.29, 1.82) is 0 Å². The van der Waals surface area contributed by atoms with Crippen molar-refractivity contribution in [2.24, 2.45) is 0 Å². The number of carboxylic acids is 1. The lowest BCUT2D eigenvalue weighted by Crippen LogP contribution is -2.38. The van der Waals surface area contributed by atoms with Crippen LogP contribution >= 0.6 is 0 Å². The van der Waals surface area contributed by atoms with Gasteiger partial charge in [0.25, 0.3) is 0 Å². The Morgan fingerprint density at radius 2 is 2.09 bits per heavy atom. The average molecular weight is 161 g/mol. The summed E-state index contributed by atoms with van der Waals surface area (Å²) >= 11 is 0. The van der Waals surface area contributed by atoms with Gasteiger partial charge in [-0.05, 0) is 12.8 Å². The molecule has 0 aromatic heterocycles. The summed E-state index contributed by atoms with van der Waals surface area (Å²) in [5.74, 6) is -0.969. The van der Waals surface area contributed by atoms with Crippen molar-refractivity contribution < 1.29 is 15.1 Å². The molecule has 0 fully saturated rings. The van der Waals surface area contributed by atoms with Crippen molar-refractivity contribution in [1.82, 2.24) is 5.06 Å². The monoisotopic (exact) mass is 161 g/mol. The molecule has 0 aliphatic rings. The van der Waals surface area contributed by atoms with E-state index in [0.717, 1.165) is 11.5 Å². The van der Waals surface area contributed by atoms with Gasteiger partial charge in [-0.1, -0.05) is 13.8 Å². The topological polar surface area (TPSA) is 60.8 Å². The molecule has 0 aromatic rings. The Balaban J connectivity index is 3.91. The molecule has 0 spiro atoms. The van der Waals surface area contributed by atoms with E-state index in [9.17, 15) is 4.79 Å². The van der Waals surface area contributed by atoms with E-state index in [1.54, 1.807) is 6.92 Å². The first-order chi connectivity index (χ1) is 5.13. The van der Waals surface area contributed by atoms with E-state index in [1.807, 2.05) is 6.92 Å². The second-order valence-electron chi connectivity index (χ2n) is 2.43. The van der Waals surface area contributed by atoms with Gasteiger partial charge in [-0.25, -0.2) is 0 Å². The maximum atomic E-state index is 10.4. The van der Waals surface area contributed by atoms with Crippen molar-refractivity contribution in [2.75, 3.05) is 6.54 Å². The largest absolute Gasteiger partial charge is 0.480 e. The van der Waals surface area contributed by atoms with E-state index >= 15 is 0 Å². The predicted octanol–water partition coefficient (Wildman–Crippen LogP) is 0.951. The van der Waals surface area contributed by atoms with Crippen molar-refractivity contribution in [3.8, 4) is 0 Å². The molecule has 1 unspecified atom stereocenters. The number of carboxylic acid groups (broad SMARTS) is 1. The minimum atomic E-state index is -0.969. The Hall–Kier alpha value is -0.610. The molecule has 66 valence electrons. The quantitative estimate of drug-likeness (QED) is 0.589. The minimum Gasteiger partial charge on any atom is -0.480 e. The van der Waals surface area contributed by atoms with Crippen LogP contribution in [0.15, 0.2) is 0 Å². The Kier molecular flexibility index (Phi) is 4.81. The molecule has 0 heterocycles. The Bertz CT molecular complexity index is 127. The van der Waals surface area contributed by atoms with Crippen LogP contribution in [0.1, 0.15) is 26.7 Å². The molecular weight excluding hydrogens is 146 g/mol. The number of aliphatic carboxylic acids is 1. The number of rotatable bonds is 5. The summed E-state index contributed by atoms with van der Waals surface area (Å²) in [6, 6.07) is -0.755. The highest BCUT2D eigenvalue weighted by molar-refractivity contribution is 5.73. The average Bonchev–Trinajstić information content (AvgIpc) is 1.88. The fourth-order valence-electron chi connectivity index (χ4n) is 0.898. The van der Waals surface area contributed by atoms with Crippen LogP contribution in [0.4, 0.5) is 0 Å². The zero-order chi connectivity index (χ0) is 8.85. The normalized spacial score (nSPS) is 13.5. The highest BCUT2D eigenvalue weighted by Gasteiger charge is 2.20. The van der Waals surface area contributed by atoms with Gasteiger partial charge < -0.3 is 10.3 Å².